The molecule has 0 spiro atoms. The van der Waals surface area contributed by atoms with E-state index in [0.29, 0.717) is 18.5 Å². The number of hydrogen-bond acceptors (Lipinski definition) is 3. The van der Waals surface area contributed by atoms with Gasteiger partial charge in [0.05, 0.1) is 0 Å². The van der Waals surface area contributed by atoms with Gasteiger partial charge in [0.2, 0.25) is 0 Å². The average Bonchev–Trinajstić information content (AvgIpc) is 2.48. The van der Waals surface area contributed by atoms with Gasteiger partial charge < -0.3 is 0 Å². The summed E-state index contributed by atoms with van der Waals surface area (Å²) in [5.41, 5.74) is 0. The minimum atomic E-state index is -2.86. The van der Waals surface area contributed by atoms with E-state index in [-0.39, 0.29) is 13.2 Å². The third kappa shape index (κ3) is 1.86. The Kier molecular flexibility index (Phi) is 2.89. The third-order valence-corrected chi connectivity index (χ3v) is 6.80. The molecule has 12 heavy (non-hydrogen) atoms. The van der Waals surface area contributed by atoms with Crippen molar-refractivity contribution in [3.05, 3.63) is 12.2 Å². The van der Waals surface area contributed by atoms with Crippen molar-refractivity contribution in [3.63, 3.8) is 0 Å². The fourth-order valence-electron chi connectivity index (χ4n) is 1.43. The Balaban J connectivity index is 2.61. The fourth-order valence-corrected chi connectivity index (χ4v) is 4.30. The molecular formula is C8H17O3P. The molecule has 0 bridgehead atoms. The predicted octanol–water partition coefficient (Wildman–Crippen LogP) is 0.961. The average molecular weight is 192 g/mol. The molecular weight excluding hydrogens is 175 g/mol. The second kappa shape index (κ2) is 3.43. The maximum absolute atomic E-state index is 10.3. The normalized spacial score (nSPS) is 28.1. The Labute approximate surface area is 73.1 Å². The van der Waals surface area contributed by atoms with Crippen LogP contribution in [0.2, 0.25) is 0 Å². The van der Waals surface area contributed by atoms with Crippen LogP contribution in [0.5, 0.6) is 0 Å². The van der Waals surface area contributed by atoms with Gasteiger partial charge in [-0.1, -0.05) is 0 Å². The minimum absolute atomic E-state index is 0.0154. The second-order valence-corrected chi connectivity index (χ2v) is 8.02. The molecule has 0 aliphatic carbocycles. The van der Waals surface area contributed by atoms with Gasteiger partial charge in [0.1, 0.15) is 0 Å². The summed E-state index contributed by atoms with van der Waals surface area (Å²) in [4.78, 5) is 10.3. The Morgan fingerprint density at radius 2 is 2.00 bits per heavy atom. The number of hydrogen-bond donors (Lipinski definition) is 2. The van der Waals surface area contributed by atoms with Crippen LogP contribution in [-0.2, 0) is 4.52 Å². The molecule has 3 nitrogen and oxygen atoms in total. The van der Waals surface area contributed by atoms with Crippen molar-refractivity contribution in [3.8, 4) is 0 Å². The molecule has 72 valence electrons. The van der Waals surface area contributed by atoms with Crippen LogP contribution in [0, 0.1) is 0 Å². The van der Waals surface area contributed by atoms with E-state index >= 15 is 0 Å². The molecule has 4 heteroatoms. The van der Waals surface area contributed by atoms with Crippen LogP contribution < -0.4 is 0 Å². The van der Waals surface area contributed by atoms with Gasteiger partial charge >= 0.3 is 72.4 Å². The molecule has 1 aliphatic heterocycles. The Bertz CT molecular complexity index is 183. The van der Waals surface area contributed by atoms with Crippen molar-refractivity contribution in [1.29, 1.82) is 0 Å². The summed E-state index contributed by atoms with van der Waals surface area (Å²) in [6, 6.07) is 0. The van der Waals surface area contributed by atoms with E-state index < -0.39 is 7.06 Å². The van der Waals surface area contributed by atoms with E-state index in [4.69, 9.17) is 9.63 Å². The SMILES string of the molecule is CCP1(O)(OCCO)CC=CC1. The summed E-state index contributed by atoms with van der Waals surface area (Å²) >= 11 is 0. The molecule has 0 aromatic heterocycles. The van der Waals surface area contributed by atoms with E-state index in [1.54, 1.807) is 0 Å². The molecule has 0 unspecified atom stereocenters. The zero-order valence-corrected chi connectivity index (χ0v) is 8.33. The molecule has 2 N–H and O–H groups in total. The van der Waals surface area contributed by atoms with Crippen LogP contribution in [0.1, 0.15) is 6.92 Å². The maximum atomic E-state index is 10.3. The first-order valence-corrected chi connectivity index (χ1v) is 6.96. The zero-order valence-electron chi connectivity index (χ0n) is 7.44. The molecule has 0 atom stereocenters. The quantitative estimate of drug-likeness (QED) is 0.515. The standard InChI is InChI=1S/C8H17O3P/c1-2-12(10,11-6-5-9)7-3-4-8-12/h3-4,9-10H,2,5-8H2,1H3. The van der Waals surface area contributed by atoms with Crippen molar-refractivity contribution in [2.75, 3.05) is 31.7 Å². The van der Waals surface area contributed by atoms with Gasteiger partial charge in [-0.2, -0.15) is 0 Å². The predicted molar refractivity (Wildman–Crippen MR) is 51.6 cm³/mol. The first-order valence-electron chi connectivity index (χ1n) is 4.29. The van der Waals surface area contributed by atoms with E-state index in [2.05, 4.69) is 0 Å². The molecule has 0 fully saturated rings. The Hall–Kier alpha value is 0.0500. The Morgan fingerprint density at radius 3 is 2.42 bits per heavy atom. The molecule has 1 aliphatic rings. The van der Waals surface area contributed by atoms with Crippen molar-refractivity contribution in [2.24, 2.45) is 0 Å². The van der Waals surface area contributed by atoms with Gasteiger partial charge in [-0.05, 0) is 0 Å². The van der Waals surface area contributed by atoms with Crippen LogP contribution in [0.25, 0.3) is 0 Å². The van der Waals surface area contributed by atoms with Gasteiger partial charge in [-0.15, -0.1) is 0 Å². The Morgan fingerprint density at radius 1 is 1.42 bits per heavy atom. The summed E-state index contributed by atoms with van der Waals surface area (Å²) in [7, 11) is -2.86. The summed E-state index contributed by atoms with van der Waals surface area (Å²) in [6.07, 6.45) is 5.93. The van der Waals surface area contributed by atoms with Gasteiger partial charge in [0.15, 0.2) is 0 Å². The first kappa shape index (κ1) is 10.1. The first-order chi connectivity index (χ1) is 5.63. The third-order valence-electron chi connectivity index (χ3n) is 2.44. The number of aliphatic hydroxyl groups excluding tert-OH is 1. The summed E-state index contributed by atoms with van der Waals surface area (Å²) in [6.45, 7) is 2.19. The van der Waals surface area contributed by atoms with Crippen molar-refractivity contribution in [2.45, 2.75) is 6.92 Å². The van der Waals surface area contributed by atoms with Crippen molar-refractivity contribution in [1.82, 2.24) is 0 Å². The zero-order chi connectivity index (χ0) is 9.10. The molecule has 0 aromatic rings. The molecule has 0 saturated heterocycles. The summed E-state index contributed by atoms with van der Waals surface area (Å²) in [5.74, 6) is 0. The van der Waals surface area contributed by atoms with E-state index in [9.17, 15) is 4.89 Å². The molecule has 0 radical (unpaired) electrons. The molecule has 0 amide bonds. The summed E-state index contributed by atoms with van der Waals surface area (Å²) in [5, 5.41) is 8.62. The van der Waals surface area contributed by atoms with Gasteiger partial charge in [0.25, 0.3) is 0 Å². The van der Waals surface area contributed by atoms with Gasteiger partial charge in [-0.3, -0.25) is 0 Å². The van der Waals surface area contributed by atoms with Gasteiger partial charge in [0, 0.05) is 0 Å². The van der Waals surface area contributed by atoms with Crippen LogP contribution >= 0.6 is 7.06 Å². The van der Waals surface area contributed by atoms with E-state index in [1.807, 2.05) is 19.1 Å². The van der Waals surface area contributed by atoms with Crippen LogP contribution in [0.15, 0.2) is 12.2 Å². The fraction of sp³-hybridized carbons (Fsp3) is 0.750. The number of aliphatic hydroxyl groups is 1. The van der Waals surface area contributed by atoms with Crippen LogP contribution in [-0.4, -0.2) is 41.7 Å². The summed E-state index contributed by atoms with van der Waals surface area (Å²) < 4.78 is 5.45. The molecule has 0 saturated carbocycles. The van der Waals surface area contributed by atoms with Gasteiger partial charge in [-0.25, -0.2) is 0 Å². The number of allylic oxidation sites excluding steroid dienone is 2. The van der Waals surface area contributed by atoms with E-state index in [1.165, 1.54) is 0 Å². The topological polar surface area (TPSA) is 49.7 Å². The monoisotopic (exact) mass is 192 g/mol. The van der Waals surface area contributed by atoms with Crippen LogP contribution in [0.3, 0.4) is 0 Å². The molecule has 1 rings (SSSR count). The molecule has 1 heterocycles. The second-order valence-electron chi connectivity index (χ2n) is 3.27. The molecule has 0 aromatic carbocycles. The van der Waals surface area contributed by atoms with Crippen molar-refractivity contribution >= 4 is 7.06 Å². The van der Waals surface area contributed by atoms with Crippen molar-refractivity contribution < 1.29 is 14.5 Å². The van der Waals surface area contributed by atoms with E-state index in [0.717, 1.165) is 0 Å². The van der Waals surface area contributed by atoms with Crippen LogP contribution in [0.4, 0.5) is 0 Å². The number of rotatable bonds is 4.